The number of amides is 2. The zero-order chi connectivity index (χ0) is 19.9. The van der Waals surface area contributed by atoms with Crippen molar-refractivity contribution in [1.82, 2.24) is 10.2 Å². The quantitative estimate of drug-likeness (QED) is 0.772. The van der Waals surface area contributed by atoms with Crippen molar-refractivity contribution in [3.8, 4) is 0 Å². The van der Waals surface area contributed by atoms with Crippen LogP contribution in [0, 0.1) is 0 Å². The summed E-state index contributed by atoms with van der Waals surface area (Å²) in [5.74, 6) is 0.155. The van der Waals surface area contributed by atoms with Crippen LogP contribution in [0.25, 0.3) is 0 Å². The maximum absolute atomic E-state index is 12.8. The van der Waals surface area contributed by atoms with Crippen LogP contribution in [0.4, 0.5) is 0 Å². The molecule has 27 heavy (non-hydrogen) atoms. The number of benzene rings is 1. The molecule has 0 bridgehead atoms. The minimum atomic E-state index is -0.0330. The van der Waals surface area contributed by atoms with E-state index in [0.717, 1.165) is 32.2 Å². The SMILES string of the molecule is CC(C)(C)c1ccc(CCC(=O)N2CCCCC2CNC(=O)CCN)cc1. The molecule has 1 aromatic rings. The Morgan fingerprint density at radius 2 is 1.85 bits per heavy atom. The highest BCUT2D eigenvalue weighted by Gasteiger charge is 2.26. The van der Waals surface area contributed by atoms with Gasteiger partial charge in [-0.05, 0) is 42.2 Å². The van der Waals surface area contributed by atoms with Crippen molar-refractivity contribution in [2.75, 3.05) is 19.6 Å². The summed E-state index contributed by atoms with van der Waals surface area (Å²) in [6.45, 7) is 8.29. The first-order valence-corrected chi connectivity index (χ1v) is 10.2. The van der Waals surface area contributed by atoms with Gasteiger partial charge in [0.25, 0.3) is 0 Å². The van der Waals surface area contributed by atoms with Gasteiger partial charge in [0.2, 0.25) is 11.8 Å². The molecule has 2 amide bonds. The van der Waals surface area contributed by atoms with Gasteiger partial charge in [-0.15, -0.1) is 0 Å². The van der Waals surface area contributed by atoms with E-state index in [1.807, 2.05) is 4.90 Å². The van der Waals surface area contributed by atoms with Crippen molar-refractivity contribution in [2.45, 2.75) is 70.8 Å². The van der Waals surface area contributed by atoms with Crippen LogP contribution >= 0.6 is 0 Å². The number of hydrogen-bond acceptors (Lipinski definition) is 3. The lowest BCUT2D eigenvalue weighted by molar-refractivity contribution is -0.135. The molecule has 1 heterocycles. The molecule has 0 aliphatic carbocycles. The van der Waals surface area contributed by atoms with Gasteiger partial charge in [-0.25, -0.2) is 0 Å². The lowest BCUT2D eigenvalue weighted by Crippen LogP contribution is -2.49. The minimum absolute atomic E-state index is 0.0330. The van der Waals surface area contributed by atoms with Gasteiger partial charge < -0.3 is 16.0 Å². The predicted octanol–water partition coefficient (Wildman–Crippen LogP) is 2.76. The smallest absolute Gasteiger partial charge is 0.223 e. The summed E-state index contributed by atoms with van der Waals surface area (Å²) in [7, 11) is 0. The molecule has 1 aromatic carbocycles. The number of likely N-dealkylation sites (tertiary alicyclic amines) is 1. The Morgan fingerprint density at radius 1 is 1.15 bits per heavy atom. The maximum Gasteiger partial charge on any atom is 0.223 e. The van der Waals surface area contributed by atoms with Gasteiger partial charge in [0, 0.05) is 38.5 Å². The molecular weight excluding hydrogens is 338 g/mol. The first kappa shape index (κ1) is 21.4. The zero-order valence-corrected chi connectivity index (χ0v) is 17.1. The molecule has 0 spiro atoms. The number of hydrogen-bond donors (Lipinski definition) is 2. The Hall–Kier alpha value is -1.88. The molecule has 3 N–H and O–H groups in total. The molecule has 150 valence electrons. The van der Waals surface area contributed by atoms with Crippen LogP contribution in [0.3, 0.4) is 0 Å². The van der Waals surface area contributed by atoms with Gasteiger partial charge in [-0.1, -0.05) is 45.0 Å². The van der Waals surface area contributed by atoms with Crippen molar-refractivity contribution in [3.05, 3.63) is 35.4 Å². The molecule has 1 saturated heterocycles. The fraction of sp³-hybridized carbons (Fsp3) is 0.636. The topological polar surface area (TPSA) is 75.4 Å². The number of carbonyl (C=O) groups excluding carboxylic acids is 2. The first-order chi connectivity index (χ1) is 12.8. The fourth-order valence-electron chi connectivity index (χ4n) is 3.56. The molecule has 5 nitrogen and oxygen atoms in total. The number of nitrogens with zero attached hydrogens (tertiary/aromatic N) is 1. The van der Waals surface area contributed by atoms with E-state index < -0.39 is 0 Å². The second-order valence-electron chi connectivity index (χ2n) is 8.53. The Morgan fingerprint density at radius 3 is 2.48 bits per heavy atom. The molecule has 5 heteroatoms. The second-order valence-corrected chi connectivity index (χ2v) is 8.53. The third kappa shape index (κ3) is 6.65. The molecule has 0 saturated carbocycles. The summed E-state index contributed by atoms with van der Waals surface area (Å²) in [6.07, 6.45) is 4.71. The van der Waals surface area contributed by atoms with E-state index in [-0.39, 0.29) is 23.3 Å². The third-order valence-electron chi connectivity index (χ3n) is 5.30. The second kappa shape index (κ2) is 9.88. The number of carbonyl (C=O) groups is 2. The van der Waals surface area contributed by atoms with E-state index in [9.17, 15) is 9.59 Å². The van der Waals surface area contributed by atoms with Crippen LogP contribution in [0.5, 0.6) is 0 Å². The Bertz CT molecular complexity index is 619. The highest BCUT2D eigenvalue weighted by molar-refractivity contribution is 5.78. The summed E-state index contributed by atoms with van der Waals surface area (Å²) < 4.78 is 0. The lowest BCUT2D eigenvalue weighted by Gasteiger charge is -2.36. The Labute approximate surface area is 163 Å². The highest BCUT2D eigenvalue weighted by atomic mass is 16.2. The molecule has 1 fully saturated rings. The van der Waals surface area contributed by atoms with E-state index in [0.29, 0.717) is 25.9 Å². The van der Waals surface area contributed by atoms with Crippen molar-refractivity contribution in [3.63, 3.8) is 0 Å². The summed E-state index contributed by atoms with van der Waals surface area (Å²) in [6, 6.07) is 8.70. The maximum atomic E-state index is 12.8. The number of nitrogens with one attached hydrogen (secondary N) is 1. The molecule has 0 aromatic heterocycles. The normalized spacial score (nSPS) is 17.6. The van der Waals surface area contributed by atoms with Crippen molar-refractivity contribution in [1.29, 1.82) is 0 Å². The third-order valence-corrected chi connectivity index (χ3v) is 5.30. The van der Waals surface area contributed by atoms with Gasteiger partial charge in [-0.2, -0.15) is 0 Å². The van der Waals surface area contributed by atoms with Gasteiger partial charge in [0.1, 0.15) is 0 Å². The summed E-state index contributed by atoms with van der Waals surface area (Å²) in [4.78, 5) is 26.4. The Balaban J connectivity index is 1.87. The average Bonchev–Trinajstić information content (AvgIpc) is 2.64. The monoisotopic (exact) mass is 373 g/mol. The average molecular weight is 374 g/mol. The number of rotatable bonds is 7. The van der Waals surface area contributed by atoms with Crippen molar-refractivity contribution < 1.29 is 9.59 Å². The van der Waals surface area contributed by atoms with Crippen LogP contribution in [0.2, 0.25) is 0 Å². The van der Waals surface area contributed by atoms with E-state index in [4.69, 9.17) is 5.73 Å². The van der Waals surface area contributed by atoms with E-state index in [2.05, 4.69) is 50.4 Å². The first-order valence-electron chi connectivity index (χ1n) is 10.2. The molecule has 1 unspecified atom stereocenters. The standard InChI is InChI=1S/C22H35N3O2/c1-22(2,3)18-10-7-17(8-11-18)9-12-21(27)25-15-5-4-6-19(25)16-24-20(26)13-14-23/h7-8,10-11,19H,4-6,9,12-16,23H2,1-3H3,(H,24,26). The fourth-order valence-corrected chi connectivity index (χ4v) is 3.56. The van der Waals surface area contributed by atoms with Crippen LogP contribution in [0.1, 0.15) is 64.0 Å². The van der Waals surface area contributed by atoms with Gasteiger partial charge in [0.05, 0.1) is 0 Å². The van der Waals surface area contributed by atoms with E-state index in [1.165, 1.54) is 11.1 Å². The van der Waals surface area contributed by atoms with Gasteiger partial charge >= 0.3 is 0 Å². The highest BCUT2D eigenvalue weighted by Crippen LogP contribution is 2.23. The molecular formula is C22H35N3O2. The zero-order valence-electron chi connectivity index (χ0n) is 17.1. The number of nitrogens with two attached hydrogens (primary N) is 1. The molecule has 2 rings (SSSR count). The molecule has 1 atom stereocenters. The molecule has 0 radical (unpaired) electrons. The predicted molar refractivity (Wildman–Crippen MR) is 109 cm³/mol. The molecule has 1 aliphatic heterocycles. The summed E-state index contributed by atoms with van der Waals surface area (Å²) in [5, 5.41) is 2.92. The van der Waals surface area contributed by atoms with Gasteiger partial charge in [0.15, 0.2) is 0 Å². The largest absolute Gasteiger partial charge is 0.354 e. The lowest BCUT2D eigenvalue weighted by atomic mass is 9.86. The summed E-state index contributed by atoms with van der Waals surface area (Å²) in [5.41, 5.74) is 8.06. The molecule has 1 aliphatic rings. The van der Waals surface area contributed by atoms with Crippen molar-refractivity contribution >= 4 is 11.8 Å². The number of aryl methyl sites for hydroxylation is 1. The van der Waals surface area contributed by atoms with E-state index >= 15 is 0 Å². The van der Waals surface area contributed by atoms with Gasteiger partial charge in [-0.3, -0.25) is 9.59 Å². The summed E-state index contributed by atoms with van der Waals surface area (Å²) >= 11 is 0. The minimum Gasteiger partial charge on any atom is -0.354 e. The Kier molecular flexibility index (Phi) is 7.84. The van der Waals surface area contributed by atoms with Crippen LogP contribution in [-0.4, -0.2) is 42.4 Å². The van der Waals surface area contributed by atoms with Crippen LogP contribution in [0.15, 0.2) is 24.3 Å². The van der Waals surface area contributed by atoms with E-state index in [1.54, 1.807) is 0 Å². The van der Waals surface area contributed by atoms with Crippen LogP contribution in [-0.2, 0) is 21.4 Å². The van der Waals surface area contributed by atoms with Crippen molar-refractivity contribution in [2.24, 2.45) is 5.73 Å². The van der Waals surface area contributed by atoms with Crippen LogP contribution < -0.4 is 11.1 Å². The number of piperidine rings is 1.